The van der Waals surface area contributed by atoms with Crippen LogP contribution in [0.1, 0.15) is 20.8 Å². The molecule has 2 N–H and O–H groups in total. The first kappa shape index (κ1) is 15.4. The van der Waals surface area contributed by atoms with Crippen LogP contribution in [-0.4, -0.2) is 13.0 Å². The van der Waals surface area contributed by atoms with Crippen LogP contribution in [0, 0.1) is 6.92 Å². The quantitative estimate of drug-likeness (QED) is 0.831. The third kappa shape index (κ3) is 3.53. The number of hydrogen-bond donors (Lipinski definition) is 2. The van der Waals surface area contributed by atoms with E-state index in [9.17, 15) is 4.79 Å². The maximum absolute atomic E-state index is 11.5. The number of aryl methyl sites for hydroxylation is 1. The Balaban J connectivity index is 2.08. The minimum absolute atomic E-state index is 0.0754. The first-order valence-corrected chi connectivity index (χ1v) is 8.00. The minimum atomic E-state index is -0.0754. The van der Waals surface area contributed by atoms with Gasteiger partial charge in [0.25, 0.3) is 5.91 Å². The van der Waals surface area contributed by atoms with Gasteiger partial charge in [0, 0.05) is 34.2 Å². The summed E-state index contributed by atoms with van der Waals surface area (Å²) in [4.78, 5) is 12.7. The fraction of sp³-hybridized carbons (Fsp3) is 0.214. The van der Waals surface area contributed by atoms with Crippen molar-refractivity contribution in [3.8, 4) is 0 Å². The molecule has 1 aromatic carbocycles. The summed E-state index contributed by atoms with van der Waals surface area (Å²) in [7, 11) is 1.63. The third-order valence-corrected chi connectivity index (χ3v) is 5.34. The van der Waals surface area contributed by atoms with E-state index in [1.807, 2.05) is 31.2 Å². The maximum atomic E-state index is 11.5. The van der Waals surface area contributed by atoms with E-state index in [1.165, 1.54) is 0 Å². The standard InChI is InChI=1S/C14H14BrClN2OS/c1-8-5-9(14(19)17-2)3-4-12(8)18-7-10-6-11(15)13(16)20-10/h3-6,18H,7H2,1-2H3,(H,17,19). The van der Waals surface area contributed by atoms with Crippen molar-refractivity contribution >= 4 is 50.5 Å². The van der Waals surface area contributed by atoms with Crippen molar-refractivity contribution in [3.63, 3.8) is 0 Å². The van der Waals surface area contributed by atoms with Crippen molar-refractivity contribution in [1.82, 2.24) is 5.32 Å². The summed E-state index contributed by atoms with van der Waals surface area (Å²) in [5.74, 6) is -0.0754. The van der Waals surface area contributed by atoms with Gasteiger partial charge >= 0.3 is 0 Å². The molecule has 2 rings (SSSR count). The molecule has 0 saturated carbocycles. The number of benzene rings is 1. The van der Waals surface area contributed by atoms with E-state index in [4.69, 9.17) is 11.6 Å². The molecule has 0 saturated heterocycles. The molecule has 2 aromatic rings. The summed E-state index contributed by atoms with van der Waals surface area (Å²) >= 11 is 11.0. The average molecular weight is 374 g/mol. The van der Waals surface area contributed by atoms with E-state index in [0.29, 0.717) is 12.1 Å². The lowest BCUT2D eigenvalue weighted by Crippen LogP contribution is -2.17. The van der Waals surface area contributed by atoms with Crippen LogP contribution in [0.5, 0.6) is 0 Å². The molecule has 0 aliphatic carbocycles. The van der Waals surface area contributed by atoms with E-state index in [-0.39, 0.29) is 5.91 Å². The molecule has 0 fully saturated rings. The Hall–Kier alpha value is -1.04. The SMILES string of the molecule is CNC(=O)c1ccc(NCc2cc(Br)c(Cl)s2)c(C)c1. The van der Waals surface area contributed by atoms with Gasteiger partial charge in [-0.05, 0) is 52.7 Å². The van der Waals surface area contributed by atoms with Crippen molar-refractivity contribution in [3.05, 3.63) is 49.1 Å². The molecule has 1 aromatic heterocycles. The van der Waals surface area contributed by atoms with Crippen LogP contribution in [0.25, 0.3) is 0 Å². The lowest BCUT2D eigenvalue weighted by atomic mass is 10.1. The monoisotopic (exact) mass is 372 g/mol. The van der Waals surface area contributed by atoms with Crippen molar-refractivity contribution in [2.75, 3.05) is 12.4 Å². The van der Waals surface area contributed by atoms with Crippen LogP contribution in [0.3, 0.4) is 0 Å². The van der Waals surface area contributed by atoms with Crippen LogP contribution in [0.15, 0.2) is 28.7 Å². The maximum Gasteiger partial charge on any atom is 0.251 e. The second-order valence-electron chi connectivity index (χ2n) is 4.30. The minimum Gasteiger partial charge on any atom is -0.380 e. The molecule has 0 aliphatic rings. The van der Waals surface area contributed by atoms with E-state index >= 15 is 0 Å². The fourth-order valence-corrected chi connectivity index (χ4v) is 3.54. The zero-order valence-electron chi connectivity index (χ0n) is 11.1. The molecule has 0 unspecified atom stereocenters. The summed E-state index contributed by atoms with van der Waals surface area (Å²) in [5, 5.41) is 5.97. The Bertz CT molecular complexity index is 623. The number of rotatable bonds is 4. The van der Waals surface area contributed by atoms with Gasteiger partial charge in [-0.3, -0.25) is 4.79 Å². The first-order chi connectivity index (χ1) is 9.51. The lowest BCUT2D eigenvalue weighted by Gasteiger charge is -2.10. The Morgan fingerprint density at radius 3 is 2.70 bits per heavy atom. The summed E-state index contributed by atoms with van der Waals surface area (Å²) in [6.07, 6.45) is 0. The smallest absolute Gasteiger partial charge is 0.251 e. The van der Waals surface area contributed by atoms with Crippen molar-refractivity contribution in [2.24, 2.45) is 0 Å². The van der Waals surface area contributed by atoms with Gasteiger partial charge in [0.1, 0.15) is 4.34 Å². The predicted octanol–water partition coefficient (Wildman–Crippen LogP) is 4.44. The van der Waals surface area contributed by atoms with Crippen LogP contribution in [0.4, 0.5) is 5.69 Å². The topological polar surface area (TPSA) is 41.1 Å². The molecule has 0 spiro atoms. The second-order valence-corrected chi connectivity index (χ2v) is 6.89. The zero-order chi connectivity index (χ0) is 14.7. The molecule has 1 amide bonds. The van der Waals surface area contributed by atoms with E-state index < -0.39 is 0 Å². The molecule has 0 aliphatic heterocycles. The average Bonchev–Trinajstić information content (AvgIpc) is 2.75. The number of anilines is 1. The lowest BCUT2D eigenvalue weighted by molar-refractivity contribution is 0.0963. The normalized spacial score (nSPS) is 10.4. The van der Waals surface area contributed by atoms with E-state index in [2.05, 4.69) is 26.6 Å². The molecule has 20 heavy (non-hydrogen) atoms. The van der Waals surface area contributed by atoms with Gasteiger partial charge in [0.2, 0.25) is 0 Å². The zero-order valence-corrected chi connectivity index (χ0v) is 14.2. The summed E-state index contributed by atoms with van der Waals surface area (Å²) in [6, 6.07) is 7.61. The number of nitrogens with one attached hydrogen (secondary N) is 2. The van der Waals surface area contributed by atoms with Crippen molar-refractivity contribution in [2.45, 2.75) is 13.5 Å². The number of carbonyl (C=O) groups excluding carboxylic acids is 1. The highest BCUT2D eigenvalue weighted by Gasteiger charge is 2.07. The van der Waals surface area contributed by atoms with Crippen LogP contribution < -0.4 is 10.6 Å². The third-order valence-electron chi connectivity index (χ3n) is 2.86. The number of amides is 1. The number of halogens is 2. The van der Waals surface area contributed by atoms with E-state index in [1.54, 1.807) is 18.4 Å². The van der Waals surface area contributed by atoms with Crippen molar-refractivity contribution in [1.29, 1.82) is 0 Å². The largest absolute Gasteiger partial charge is 0.380 e. The summed E-state index contributed by atoms with van der Waals surface area (Å²) < 4.78 is 1.68. The Morgan fingerprint density at radius 1 is 1.40 bits per heavy atom. The van der Waals surface area contributed by atoms with Gasteiger partial charge in [-0.2, -0.15) is 0 Å². The molecule has 1 heterocycles. The summed E-state index contributed by atoms with van der Waals surface area (Å²) in [6.45, 7) is 2.68. The number of hydrogen-bond acceptors (Lipinski definition) is 3. The summed E-state index contributed by atoms with van der Waals surface area (Å²) in [5.41, 5.74) is 2.71. The van der Waals surface area contributed by atoms with Gasteiger partial charge in [-0.1, -0.05) is 11.6 Å². The van der Waals surface area contributed by atoms with Gasteiger partial charge in [-0.25, -0.2) is 0 Å². The number of thiophene rings is 1. The molecule has 3 nitrogen and oxygen atoms in total. The Labute approximate surface area is 135 Å². The van der Waals surface area contributed by atoms with Gasteiger partial charge < -0.3 is 10.6 Å². The van der Waals surface area contributed by atoms with Crippen LogP contribution in [0.2, 0.25) is 4.34 Å². The van der Waals surface area contributed by atoms with Crippen molar-refractivity contribution < 1.29 is 4.79 Å². The first-order valence-electron chi connectivity index (χ1n) is 6.01. The molecule has 0 radical (unpaired) electrons. The molecule has 0 atom stereocenters. The van der Waals surface area contributed by atoms with Crippen LogP contribution >= 0.6 is 38.9 Å². The highest BCUT2D eigenvalue weighted by Crippen LogP contribution is 2.32. The van der Waals surface area contributed by atoms with Gasteiger partial charge in [-0.15, -0.1) is 11.3 Å². The fourth-order valence-electron chi connectivity index (χ4n) is 1.81. The highest BCUT2D eigenvalue weighted by molar-refractivity contribution is 9.10. The molecular weight excluding hydrogens is 360 g/mol. The molecule has 106 valence electrons. The molecule has 0 bridgehead atoms. The Morgan fingerprint density at radius 2 is 2.15 bits per heavy atom. The Kier molecular flexibility index (Phi) is 5.07. The van der Waals surface area contributed by atoms with Crippen LogP contribution in [-0.2, 0) is 6.54 Å². The predicted molar refractivity (Wildman–Crippen MR) is 88.9 cm³/mol. The molecular formula is C14H14BrClN2OS. The van der Waals surface area contributed by atoms with E-state index in [0.717, 1.165) is 24.9 Å². The van der Waals surface area contributed by atoms with Gasteiger partial charge in [0.15, 0.2) is 0 Å². The molecule has 6 heteroatoms. The highest BCUT2D eigenvalue weighted by atomic mass is 79.9. The number of carbonyl (C=O) groups is 1. The van der Waals surface area contributed by atoms with Gasteiger partial charge in [0.05, 0.1) is 0 Å². The second kappa shape index (κ2) is 6.61.